The Labute approximate surface area is 120 Å². The van der Waals surface area contributed by atoms with E-state index in [1.54, 1.807) is 11.8 Å². The largest absolute Gasteiger partial charge is 0.481 e. The summed E-state index contributed by atoms with van der Waals surface area (Å²) in [6.45, 7) is 9.98. The first kappa shape index (κ1) is 16.2. The molecule has 1 rings (SSSR count). The summed E-state index contributed by atoms with van der Waals surface area (Å²) in [4.78, 5) is 25.1. The molecule has 1 amide bonds. The van der Waals surface area contributed by atoms with Crippen LogP contribution in [0.5, 0.6) is 0 Å². The maximum Gasteiger partial charge on any atom is 0.305 e. The molecule has 0 fully saturated rings. The summed E-state index contributed by atoms with van der Waals surface area (Å²) in [6.07, 6.45) is -0.0382. The Morgan fingerprint density at radius 3 is 2.10 bits per heavy atom. The molecular formula is C16H23NO3. The molecule has 20 heavy (non-hydrogen) atoms. The molecule has 0 radical (unpaired) electrons. The zero-order chi connectivity index (χ0) is 15.4. The SMILES string of the molecule is CCN(C(=O)c1c(C)cc(C)cc1C)C(C)CC(=O)O. The van der Waals surface area contributed by atoms with E-state index in [0.29, 0.717) is 12.1 Å². The first-order chi connectivity index (χ1) is 9.27. The zero-order valence-corrected chi connectivity index (χ0v) is 12.9. The smallest absolute Gasteiger partial charge is 0.305 e. The van der Waals surface area contributed by atoms with Gasteiger partial charge in [0.15, 0.2) is 0 Å². The second kappa shape index (κ2) is 6.55. The van der Waals surface area contributed by atoms with Crippen molar-refractivity contribution >= 4 is 11.9 Å². The van der Waals surface area contributed by atoms with Crippen LogP contribution >= 0.6 is 0 Å². The summed E-state index contributed by atoms with van der Waals surface area (Å²) in [7, 11) is 0. The van der Waals surface area contributed by atoms with Gasteiger partial charge in [-0.25, -0.2) is 0 Å². The van der Waals surface area contributed by atoms with Crippen LogP contribution in [0.1, 0.15) is 47.3 Å². The highest BCUT2D eigenvalue weighted by atomic mass is 16.4. The topological polar surface area (TPSA) is 57.6 Å². The Balaban J connectivity index is 3.12. The van der Waals surface area contributed by atoms with Gasteiger partial charge in [-0.3, -0.25) is 9.59 Å². The quantitative estimate of drug-likeness (QED) is 0.900. The molecule has 0 bridgehead atoms. The standard InChI is InChI=1S/C16H23NO3/c1-6-17(13(5)9-14(18)19)16(20)15-11(3)7-10(2)8-12(15)4/h7-8,13H,6,9H2,1-5H3,(H,18,19). The summed E-state index contributed by atoms with van der Waals surface area (Å²) in [6, 6.07) is 3.65. The highest BCUT2D eigenvalue weighted by molar-refractivity contribution is 5.97. The second-order valence-electron chi connectivity index (χ2n) is 5.31. The number of nitrogens with zero attached hydrogens (tertiary/aromatic N) is 1. The summed E-state index contributed by atoms with van der Waals surface area (Å²) < 4.78 is 0. The van der Waals surface area contributed by atoms with Crippen LogP contribution in [0.2, 0.25) is 0 Å². The minimum absolute atomic E-state index is 0.0382. The van der Waals surface area contributed by atoms with Crippen LogP contribution in [-0.2, 0) is 4.79 Å². The molecule has 4 heteroatoms. The Bertz CT molecular complexity index is 499. The molecule has 0 heterocycles. The molecule has 0 aliphatic heterocycles. The third kappa shape index (κ3) is 3.59. The van der Waals surface area contributed by atoms with Crippen LogP contribution in [-0.4, -0.2) is 34.5 Å². The molecule has 0 aliphatic carbocycles. The molecule has 1 aromatic carbocycles. The lowest BCUT2D eigenvalue weighted by atomic mass is 9.98. The van der Waals surface area contributed by atoms with E-state index in [0.717, 1.165) is 16.7 Å². The van der Waals surface area contributed by atoms with Gasteiger partial charge >= 0.3 is 5.97 Å². The van der Waals surface area contributed by atoms with Gasteiger partial charge in [-0.15, -0.1) is 0 Å². The molecule has 0 saturated heterocycles. The van der Waals surface area contributed by atoms with Crippen molar-refractivity contribution in [2.24, 2.45) is 0 Å². The van der Waals surface area contributed by atoms with Crippen LogP contribution < -0.4 is 0 Å². The maximum atomic E-state index is 12.7. The number of amides is 1. The van der Waals surface area contributed by atoms with E-state index in [4.69, 9.17) is 5.11 Å². The van der Waals surface area contributed by atoms with Crippen molar-refractivity contribution < 1.29 is 14.7 Å². The molecule has 0 aliphatic rings. The summed E-state index contributed by atoms with van der Waals surface area (Å²) >= 11 is 0. The van der Waals surface area contributed by atoms with E-state index >= 15 is 0 Å². The average Bonchev–Trinajstić information content (AvgIpc) is 2.26. The van der Waals surface area contributed by atoms with E-state index in [9.17, 15) is 9.59 Å². The number of carbonyl (C=O) groups excluding carboxylic acids is 1. The molecule has 1 aromatic rings. The molecule has 1 unspecified atom stereocenters. The minimum atomic E-state index is -0.888. The minimum Gasteiger partial charge on any atom is -0.481 e. The van der Waals surface area contributed by atoms with Gasteiger partial charge in [0.1, 0.15) is 0 Å². The van der Waals surface area contributed by atoms with Crippen LogP contribution in [0.4, 0.5) is 0 Å². The normalized spacial score (nSPS) is 12.1. The zero-order valence-electron chi connectivity index (χ0n) is 12.9. The highest BCUT2D eigenvalue weighted by Gasteiger charge is 2.24. The first-order valence-corrected chi connectivity index (χ1v) is 6.88. The van der Waals surface area contributed by atoms with Gasteiger partial charge in [-0.2, -0.15) is 0 Å². The second-order valence-corrected chi connectivity index (χ2v) is 5.31. The van der Waals surface area contributed by atoms with E-state index in [2.05, 4.69) is 0 Å². The van der Waals surface area contributed by atoms with Crippen LogP contribution in [0, 0.1) is 20.8 Å². The van der Waals surface area contributed by atoms with Crippen molar-refractivity contribution in [3.8, 4) is 0 Å². The number of rotatable bonds is 5. The lowest BCUT2D eigenvalue weighted by Crippen LogP contribution is -2.40. The fourth-order valence-electron chi connectivity index (χ4n) is 2.68. The Morgan fingerprint density at radius 2 is 1.70 bits per heavy atom. The Hall–Kier alpha value is -1.84. The van der Waals surface area contributed by atoms with Crippen LogP contribution in [0.15, 0.2) is 12.1 Å². The van der Waals surface area contributed by atoms with Crippen molar-refractivity contribution in [2.75, 3.05) is 6.54 Å². The van der Waals surface area contributed by atoms with E-state index in [1.165, 1.54) is 0 Å². The Kier molecular flexibility index (Phi) is 5.31. The fourth-order valence-corrected chi connectivity index (χ4v) is 2.68. The van der Waals surface area contributed by atoms with Crippen LogP contribution in [0.3, 0.4) is 0 Å². The number of carbonyl (C=O) groups is 2. The van der Waals surface area contributed by atoms with Crippen molar-refractivity contribution in [3.63, 3.8) is 0 Å². The third-order valence-corrected chi connectivity index (χ3v) is 3.49. The van der Waals surface area contributed by atoms with Gasteiger partial charge in [0.25, 0.3) is 5.91 Å². The first-order valence-electron chi connectivity index (χ1n) is 6.88. The van der Waals surface area contributed by atoms with Crippen molar-refractivity contribution in [1.82, 2.24) is 4.90 Å². The van der Waals surface area contributed by atoms with Gasteiger partial charge in [0, 0.05) is 18.2 Å². The molecule has 1 atom stereocenters. The van der Waals surface area contributed by atoms with Crippen molar-refractivity contribution in [1.29, 1.82) is 0 Å². The highest BCUT2D eigenvalue weighted by Crippen LogP contribution is 2.20. The Morgan fingerprint density at radius 1 is 1.20 bits per heavy atom. The van der Waals surface area contributed by atoms with E-state index in [1.807, 2.05) is 39.8 Å². The predicted octanol–water partition coefficient (Wildman–Crippen LogP) is 2.94. The lowest BCUT2D eigenvalue weighted by Gasteiger charge is -2.28. The molecule has 4 nitrogen and oxygen atoms in total. The monoisotopic (exact) mass is 277 g/mol. The predicted molar refractivity (Wildman–Crippen MR) is 79.1 cm³/mol. The summed E-state index contributed by atoms with van der Waals surface area (Å²) in [5.74, 6) is -0.975. The van der Waals surface area contributed by atoms with Crippen molar-refractivity contribution in [3.05, 3.63) is 34.4 Å². The molecule has 0 spiro atoms. The third-order valence-electron chi connectivity index (χ3n) is 3.49. The number of carboxylic acid groups (broad SMARTS) is 1. The van der Waals surface area contributed by atoms with Crippen LogP contribution in [0.25, 0.3) is 0 Å². The average molecular weight is 277 g/mol. The summed E-state index contributed by atoms with van der Waals surface area (Å²) in [5, 5.41) is 8.89. The van der Waals surface area contributed by atoms with Gasteiger partial charge in [0.2, 0.25) is 0 Å². The number of benzene rings is 1. The number of aliphatic carboxylic acids is 1. The van der Waals surface area contributed by atoms with Gasteiger partial charge in [0.05, 0.1) is 6.42 Å². The molecule has 0 aromatic heterocycles. The van der Waals surface area contributed by atoms with Gasteiger partial charge in [-0.1, -0.05) is 17.7 Å². The van der Waals surface area contributed by atoms with Crippen molar-refractivity contribution in [2.45, 2.75) is 47.1 Å². The fraction of sp³-hybridized carbons (Fsp3) is 0.500. The number of carboxylic acids is 1. The lowest BCUT2D eigenvalue weighted by molar-refractivity contribution is -0.138. The number of aryl methyl sites for hydroxylation is 3. The molecule has 1 N–H and O–H groups in total. The number of hydrogen-bond acceptors (Lipinski definition) is 2. The maximum absolute atomic E-state index is 12.7. The van der Waals surface area contributed by atoms with E-state index < -0.39 is 5.97 Å². The molecule has 110 valence electrons. The van der Waals surface area contributed by atoms with Gasteiger partial charge in [-0.05, 0) is 45.7 Å². The number of hydrogen-bond donors (Lipinski definition) is 1. The molecule has 0 saturated carbocycles. The summed E-state index contributed by atoms with van der Waals surface area (Å²) in [5.41, 5.74) is 3.69. The van der Waals surface area contributed by atoms with E-state index in [-0.39, 0.29) is 18.4 Å². The van der Waals surface area contributed by atoms with Gasteiger partial charge < -0.3 is 10.0 Å². The molecular weight excluding hydrogens is 254 g/mol.